The molecule has 0 aliphatic carbocycles. The topological polar surface area (TPSA) is 110 Å². The van der Waals surface area contributed by atoms with Gasteiger partial charge in [-0.3, -0.25) is 4.72 Å². The molecule has 0 aliphatic rings. The highest BCUT2D eigenvalue weighted by molar-refractivity contribution is 8.00. The van der Waals surface area contributed by atoms with E-state index in [1.807, 2.05) is 50.2 Å². The first-order chi connectivity index (χ1) is 17.4. The molecule has 0 fully saturated rings. The van der Waals surface area contributed by atoms with Crippen molar-refractivity contribution in [3.8, 4) is 17.1 Å². The Morgan fingerprint density at radius 3 is 2.47 bits per heavy atom. The van der Waals surface area contributed by atoms with E-state index in [0.717, 1.165) is 22.3 Å². The highest BCUT2D eigenvalue weighted by atomic mass is 35.5. The number of rotatable bonds is 9. The van der Waals surface area contributed by atoms with E-state index in [4.69, 9.17) is 27.1 Å². The molecular formula is C27H25ClN4O3S. The second kappa shape index (κ2) is 11.4. The summed E-state index contributed by atoms with van der Waals surface area (Å²) in [5.74, 6) is -0.347. The summed E-state index contributed by atoms with van der Waals surface area (Å²) in [6.07, 6.45) is -0.507. The summed E-state index contributed by atoms with van der Waals surface area (Å²) in [7, 11) is 0. The molecule has 0 radical (unpaired) electrons. The Bertz CT molecular complexity index is 1380. The van der Waals surface area contributed by atoms with E-state index in [0.29, 0.717) is 27.4 Å². The number of ether oxygens (including phenoxy) is 1. The van der Waals surface area contributed by atoms with Crippen molar-refractivity contribution in [3.63, 3.8) is 0 Å². The zero-order valence-electron chi connectivity index (χ0n) is 19.7. The van der Waals surface area contributed by atoms with Crippen LogP contribution in [0, 0.1) is 13.8 Å². The number of hydrogen-bond acceptors (Lipinski definition) is 7. The van der Waals surface area contributed by atoms with Gasteiger partial charge in [-0.1, -0.05) is 54.1 Å². The lowest BCUT2D eigenvalue weighted by molar-refractivity contribution is 0.0696. The predicted molar refractivity (Wildman–Crippen MR) is 144 cm³/mol. The van der Waals surface area contributed by atoms with Gasteiger partial charge in [-0.2, -0.15) is 4.98 Å². The van der Waals surface area contributed by atoms with E-state index in [2.05, 4.69) is 9.71 Å². The van der Waals surface area contributed by atoms with Crippen molar-refractivity contribution < 1.29 is 14.6 Å². The molecule has 1 atom stereocenters. The molecule has 0 bridgehead atoms. The van der Waals surface area contributed by atoms with Gasteiger partial charge in [-0.05, 0) is 61.2 Å². The molecule has 36 heavy (non-hydrogen) atoms. The van der Waals surface area contributed by atoms with Gasteiger partial charge in [0.1, 0.15) is 6.10 Å². The first kappa shape index (κ1) is 25.5. The van der Waals surface area contributed by atoms with E-state index in [-0.39, 0.29) is 12.1 Å². The van der Waals surface area contributed by atoms with Crippen molar-refractivity contribution in [2.75, 3.05) is 11.3 Å². The molecule has 1 unspecified atom stereocenters. The Kier molecular flexibility index (Phi) is 8.10. The molecule has 3 aromatic carbocycles. The van der Waals surface area contributed by atoms with Gasteiger partial charge >= 0.3 is 5.97 Å². The number of halogens is 1. The second-order valence-corrected chi connectivity index (χ2v) is 9.37. The molecule has 9 heteroatoms. The Hall–Kier alpha value is -3.59. The van der Waals surface area contributed by atoms with Crippen LogP contribution in [0.5, 0.6) is 5.88 Å². The molecule has 0 spiro atoms. The third-order valence-electron chi connectivity index (χ3n) is 5.51. The Labute approximate surface area is 218 Å². The van der Waals surface area contributed by atoms with Crippen LogP contribution in [0.25, 0.3) is 11.3 Å². The summed E-state index contributed by atoms with van der Waals surface area (Å²) < 4.78 is 9.35. The number of anilines is 1. The van der Waals surface area contributed by atoms with Crippen LogP contribution in [-0.2, 0) is 0 Å². The SMILES string of the molecule is Cc1cccc(C)c1-c1cc(OC(CN)c2ccccc2Cl)nc(NSc2cccc(C(=O)O)c2)n1. The fourth-order valence-corrected chi connectivity index (χ4v) is 4.69. The number of nitrogens with two attached hydrogens (primary N) is 1. The van der Waals surface area contributed by atoms with Crippen molar-refractivity contribution in [3.05, 3.63) is 100 Å². The van der Waals surface area contributed by atoms with E-state index in [1.54, 1.807) is 30.3 Å². The normalized spacial score (nSPS) is 11.7. The maximum Gasteiger partial charge on any atom is 0.335 e. The number of carboxylic acids is 1. The average Bonchev–Trinajstić information content (AvgIpc) is 2.86. The summed E-state index contributed by atoms with van der Waals surface area (Å²) >= 11 is 7.60. The van der Waals surface area contributed by atoms with E-state index in [9.17, 15) is 9.90 Å². The van der Waals surface area contributed by atoms with Gasteiger partial charge in [0.25, 0.3) is 0 Å². The van der Waals surface area contributed by atoms with Crippen molar-refractivity contribution >= 4 is 35.5 Å². The summed E-state index contributed by atoms with van der Waals surface area (Å²) in [5.41, 5.74) is 10.8. The van der Waals surface area contributed by atoms with Crippen LogP contribution in [0.3, 0.4) is 0 Å². The average molecular weight is 521 g/mol. The Morgan fingerprint density at radius 1 is 1.06 bits per heavy atom. The monoisotopic (exact) mass is 520 g/mol. The predicted octanol–water partition coefficient (Wildman–Crippen LogP) is 6.31. The molecule has 0 saturated carbocycles. The van der Waals surface area contributed by atoms with Gasteiger partial charge < -0.3 is 15.6 Å². The first-order valence-corrected chi connectivity index (χ1v) is 12.4. The van der Waals surface area contributed by atoms with Gasteiger partial charge in [0.15, 0.2) is 0 Å². The van der Waals surface area contributed by atoms with Crippen LogP contribution in [0.1, 0.15) is 33.2 Å². The lowest BCUT2D eigenvalue weighted by atomic mass is 10.00. The van der Waals surface area contributed by atoms with Crippen LogP contribution >= 0.6 is 23.5 Å². The molecule has 0 aliphatic heterocycles. The quantitative estimate of drug-likeness (QED) is 0.220. The zero-order chi connectivity index (χ0) is 25.7. The van der Waals surface area contributed by atoms with Crippen LogP contribution < -0.4 is 15.2 Å². The van der Waals surface area contributed by atoms with Crippen LogP contribution in [-0.4, -0.2) is 27.6 Å². The first-order valence-electron chi connectivity index (χ1n) is 11.2. The zero-order valence-corrected chi connectivity index (χ0v) is 21.3. The summed E-state index contributed by atoms with van der Waals surface area (Å²) in [5, 5.41) is 9.83. The van der Waals surface area contributed by atoms with Crippen molar-refractivity contribution in [1.82, 2.24) is 9.97 Å². The van der Waals surface area contributed by atoms with Gasteiger partial charge in [-0.15, -0.1) is 0 Å². The smallest absolute Gasteiger partial charge is 0.335 e. The second-order valence-electron chi connectivity index (χ2n) is 8.08. The number of nitrogens with zero attached hydrogens (tertiary/aromatic N) is 2. The maximum atomic E-state index is 11.3. The summed E-state index contributed by atoms with van der Waals surface area (Å²) in [4.78, 5) is 21.3. The molecular weight excluding hydrogens is 496 g/mol. The summed E-state index contributed by atoms with van der Waals surface area (Å²) in [6.45, 7) is 4.25. The van der Waals surface area contributed by atoms with E-state index in [1.165, 1.54) is 18.0 Å². The number of aromatic nitrogens is 2. The van der Waals surface area contributed by atoms with Crippen LogP contribution in [0.15, 0.2) is 77.7 Å². The molecule has 7 nitrogen and oxygen atoms in total. The highest BCUT2D eigenvalue weighted by Gasteiger charge is 2.18. The molecule has 0 amide bonds. The standard InChI is InChI=1S/C27H25ClN4O3S/c1-16-7-5-8-17(2)25(16)22-14-24(35-23(15-29)20-11-3-4-12-21(20)28)31-27(30-22)32-36-19-10-6-9-18(13-19)26(33)34/h3-14,23H,15,29H2,1-2H3,(H,33,34)(H,30,31,32). The number of aryl methyl sites for hydroxylation is 2. The molecule has 1 aromatic heterocycles. The Balaban J connectivity index is 1.70. The van der Waals surface area contributed by atoms with Crippen LogP contribution in [0.2, 0.25) is 5.02 Å². The highest BCUT2D eigenvalue weighted by Crippen LogP contribution is 2.32. The third kappa shape index (κ3) is 5.96. The minimum Gasteiger partial charge on any atom is -0.478 e. The number of nitrogens with one attached hydrogen (secondary N) is 1. The van der Waals surface area contributed by atoms with Gasteiger partial charge in [0.2, 0.25) is 11.8 Å². The number of hydrogen-bond donors (Lipinski definition) is 3. The molecule has 0 saturated heterocycles. The van der Waals surface area contributed by atoms with Crippen molar-refractivity contribution in [2.45, 2.75) is 24.8 Å². The number of aromatic carboxylic acids is 1. The number of carboxylic acid groups (broad SMARTS) is 1. The van der Waals surface area contributed by atoms with Crippen molar-refractivity contribution in [1.29, 1.82) is 0 Å². The van der Waals surface area contributed by atoms with Gasteiger partial charge in [0.05, 0.1) is 11.3 Å². The Morgan fingerprint density at radius 2 is 1.78 bits per heavy atom. The minimum absolute atomic E-state index is 0.196. The fraction of sp³-hybridized carbons (Fsp3) is 0.148. The molecule has 4 N–H and O–H groups in total. The lowest BCUT2D eigenvalue weighted by Gasteiger charge is -2.19. The lowest BCUT2D eigenvalue weighted by Crippen LogP contribution is -2.19. The van der Waals surface area contributed by atoms with E-state index >= 15 is 0 Å². The molecule has 184 valence electrons. The van der Waals surface area contributed by atoms with E-state index < -0.39 is 12.1 Å². The largest absolute Gasteiger partial charge is 0.478 e. The van der Waals surface area contributed by atoms with Crippen molar-refractivity contribution in [2.24, 2.45) is 5.73 Å². The number of benzene rings is 3. The molecule has 4 rings (SSSR count). The summed E-state index contributed by atoms with van der Waals surface area (Å²) in [6, 6.07) is 21.8. The fourth-order valence-electron chi connectivity index (χ4n) is 3.80. The maximum absolute atomic E-state index is 11.3. The molecule has 1 heterocycles. The number of carbonyl (C=O) groups is 1. The third-order valence-corrected chi connectivity index (χ3v) is 6.63. The van der Waals surface area contributed by atoms with Crippen LogP contribution in [0.4, 0.5) is 5.95 Å². The minimum atomic E-state index is -0.992. The van der Waals surface area contributed by atoms with Gasteiger partial charge in [0, 0.05) is 33.7 Å². The van der Waals surface area contributed by atoms with Gasteiger partial charge in [-0.25, -0.2) is 9.78 Å². The molecule has 4 aromatic rings.